The first kappa shape index (κ1) is 20.9. The smallest absolute Gasteiger partial charge is 0.238 e. The number of amides is 2. The first-order chi connectivity index (χ1) is 13.9. The van der Waals surface area contributed by atoms with E-state index in [9.17, 15) is 9.59 Å². The lowest BCUT2D eigenvalue weighted by atomic mass is 10.2. The van der Waals surface area contributed by atoms with Gasteiger partial charge in [-0.2, -0.15) is 5.10 Å². The number of rotatable bonds is 5. The molecule has 1 fully saturated rings. The van der Waals surface area contributed by atoms with Crippen LogP contribution in [-0.4, -0.2) is 42.5 Å². The molecule has 3 rings (SSSR count). The average molecular weight is 430 g/mol. The highest BCUT2D eigenvalue weighted by Crippen LogP contribution is 2.25. The van der Waals surface area contributed by atoms with Crippen LogP contribution in [0, 0.1) is 0 Å². The van der Waals surface area contributed by atoms with Crippen molar-refractivity contribution in [3.05, 3.63) is 59.1 Å². The van der Waals surface area contributed by atoms with Crippen LogP contribution in [0.5, 0.6) is 0 Å². The van der Waals surface area contributed by atoms with E-state index >= 15 is 0 Å². The molecule has 0 aromatic heterocycles. The maximum absolute atomic E-state index is 12.5. The van der Waals surface area contributed by atoms with Gasteiger partial charge in [-0.15, -0.1) is 5.10 Å². The Morgan fingerprint density at radius 3 is 2.66 bits per heavy atom. The lowest BCUT2D eigenvalue weighted by molar-refractivity contribution is -0.123. The molecule has 1 atom stereocenters. The molecule has 7 nitrogen and oxygen atoms in total. The molecule has 0 spiro atoms. The van der Waals surface area contributed by atoms with E-state index in [-0.39, 0.29) is 23.4 Å². The van der Waals surface area contributed by atoms with Crippen molar-refractivity contribution < 1.29 is 9.59 Å². The lowest BCUT2D eigenvalue weighted by Gasteiger charge is -2.21. The number of carbonyl (C=O) groups is 2. The van der Waals surface area contributed by atoms with Gasteiger partial charge in [0.15, 0.2) is 5.17 Å². The fraction of sp³-hybridized carbons (Fsp3) is 0.200. The fourth-order valence-corrected chi connectivity index (χ4v) is 3.64. The number of halogens is 1. The SMILES string of the molecule is CN(C)c1ccc(C=N/N=C2\NC(=O)C[C@@H](C(=O)Nc3ccccc3Cl)S2)cc1. The molecule has 9 heteroatoms. The van der Waals surface area contributed by atoms with Crippen LogP contribution in [-0.2, 0) is 9.59 Å². The number of hydrogen-bond acceptors (Lipinski definition) is 6. The third-order valence-electron chi connectivity index (χ3n) is 4.06. The first-order valence-electron chi connectivity index (χ1n) is 8.82. The number of anilines is 2. The molecule has 0 unspecified atom stereocenters. The minimum Gasteiger partial charge on any atom is -0.378 e. The quantitative estimate of drug-likeness (QED) is 0.563. The average Bonchev–Trinajstić information content (AvgIpc) is 2.69. The van der Waals surface area contributed by atoms with E-state index in [2.05, 4.69) is 20.8 Å². The van der Waals surface area contributed by atoms with Crippen LogP contribution in [0.2, 0.25) is 5.02 Å². The number of nitrogens with one attached hydrogen (secondary N) is 2. The van der Waals surface area contributed by atoms with Gasteiger partial charge in [-0.05, 0) is 29.8 Å². The van der Waals surface area contributed by atoms with Gasteiger partial charge >= 0.3 is 0 Å². The van der Waals surface area contributed by atoms with E-state index in [1.165, 1.54) is 0 Å². The monoisotopic (exact) mass is 429 g/mol. The van der Waals surface area contributed by atoms with Crippen LogP contribution in [0.15, 0.2) is 58.7 Å². The molecule has 2 amide bonds. The summed E-state index contributed by atoms with van der Waals surface area (Å²) in [4.78, 5) is 26.5. The summed E-state index contributed by atoms with van der Waals surface area (Å²) in [7, 11) is 3.94. The van der Waals surface area contributed by atoms with Crippen LogP contribution in [0.3, 0.4) is 0 Å². The van der Waals surface area contributed by atoms with Crippen molar-refractivity contribution in [3.8, 4) is 0 Å². The number of hydrogen-bond donors (Lipinski definition) is 2. The summed E-state index contributed by atoms with van der Waals surface area (Å²) in [5, 5.41) is 13.6. The van der Waals surface area contributed by atoms with Crippen molar-refractivity contribution in [1.29, 1.82) is 0 Å². The van der Waals surface area contributed by atoms with Gasteiger partial charge in [0.25, 0.3) is 0 Å². The molecule has 2 aromatic rings. The van der Waals surface area contributed by atoms with Crippen molar-refractivity contribution in [2.24, 2.45) is 10.2 Å². The van der Waals surface area contributed by atoms with Gasteiger partial charge in [0, 0.05) is 26.2 Å². The number of thioether (sulfide) groups is 1. The van der Waals surface area contributed by atoms with Gasteiger partial charge in [0.2, 0.25) is 11.8 Å². The predicted octanol–water partition coefficient (Wildman–Crippen LogP) is 3.36. The second-order valence-corrected chi connectivity index (χ2v) is 8.06. The molecule has 1 aliphatic heterocycles. The molecular weight excluding hydrogens is 410 g/mol. The van der Waals surface area contributed by atoms with Crippen molar-refractivity contribution in [3.63, 3.8) is 0 Å². The van der Waals surface area contributed by atoms with Crippen molar-refractivity contribution in [1.82, 2.24) is 5.32 Å². The van der Waals surface area contributed by atoms with Crippen LogP contribution in [0.1, 0.15) is 12.0 Å². The van der Waals surface area contributed by atoms with Crippen LogP contribution in [0.25, 0.3) is 0 Å². The topological polar surface area (TPSA) is 86.2 Å². The molecule has 0 aliphatic carbocycles. The fourth-order valence-electron chi connectivity index (χ4n) is 2.52. The largest absolute Gasteiger partial charge is 0.378 e. The second kappa shape index (κ2) is 9.58. The van der Waals surface area contributed by atoms with Gasteiger partial charge in [0.05, 0.1) is 16.9 Å². The zero-order chi connectivity index (χ0) is 20.8. The van der Waals surface area contributed by atoms with E-state index < -0.39 is 5.25 Å². The summed E-state index contributed by atoms with van der Waals surface area (Å²) in [5.41, 5.74) is 2.46. The van der Waals surface area contributed by atoms with E-state index in [0.717, 1.165) is 23.0 Å². The summed E-state index contributed by atoms with van der Waals surface area (Å²) in [5.74, 6) is -0.596. The second-order valence-electron chi connectivity index (χ2n) is 6.46. The Morgan fingerprint density at radius 1 is 1.24 bits per heavy atom. The Balaban J connectivity index is 1.64. The molecule has 1 heterocycles. The van der Waals surface area contributed by atoms with Crippen LogP contribution < -0.4 is 15.5 Å². The Morgan fingerprint density at radius 2 is 1.97 bits per heavy atom. The molecule has 0 saturated carbocycles. The highest BCUT2D eigenvalue weighted by Gasteiger charge is 2.30. The van der Waals surface area contributed by atoms with Crippen molar-refractivity contribution >= 4 is 57.9 Å². The molecule has 2 aromatic carbocycles. The Labute approximate surface area is 178 Å². The van der Waals surface area contributed by atoms with Gasteiger partial charge < -0.3 is 15.5 Å². The third-order valence-corrected chi connectivity index (χ3v) is 5.46. The maximum atomic E-state index is 12.5. The van der Waals surface area contributed by atoms with Gasteiger partial charge in [-0.1, -0.05) is 47.6 Å². The molecule has 29 heavy (non-hydrogen) atoms. The standard InChI is InChI=1S/C20H20ClN5O2S/c1-26(2)14-9-7-13(8-10-14)12-22-25-20-24-18(27)11-17(29-20)19(28)23-16-6-4-3-5-15(16)21/h3-10,12,17H,11H2,1-2H3,(H,23,28)(H,24,25,27)/t17-/m0/s1. The highest BCUT2D eigenvalue weighted by molar-refractivity contribution is 8.15. The van der Waals surface area contributed by atoms with E-state index in [0.29, 0.717) is 10.7 Å². The molecule has 0 bridgehead atoms. The third kappa shape index (κ3) is 5.82. The number of nitrogens with zero attached hydrogens (tertiary/aromatic N) is 3. The number of benzene rings is 2. The van der Waals surface area contributed by atoms with Gasteiger partial charge in [-0.25, -0.2) is 0 Å². The summed E-state index contributed by atoms with van der Waals surface area (Å²) < 4.78 is 0. The zero-order valence-corrected chi connectivity index (χ0v) is 17.5. The van der Waals surface area contributed by atoms with Crippen LogP contribution >= 0.6 is 23.4 Å². The zero-order valence-electron chi connectivity index (χ0n) is 15.9. The number of amidine groups is 1. The Bertz CT molecular complexity index is 960. The molecule has 1 saturated heterocycles. The van der Waals surface area contributed by atoms with E-state index in [1.807, 2.05) is 43.3 Å². The van der Waals surface area contributed by atoms with Crippen molar-refractivity contribution in [2.45, 2.75) is 11.7 Å². The first-order valence-corrected chi connectivity index (χ1v) is 10.1. The summed E-state index contributed by atoms with van der Waals surface area (Å²) >= 11 is 7.22. The van der Waals surface area contributed by atoms with Gasteiger partial charge in [0.1, 0.15) is 5.25 Å². The number of carbonyl (C=O) groups excluding carboxylic acids is 2. The molecule has 2 N–H and O–H groups in total. The minimum absolute atomic E-state index is 0.0513. The molecule has 150 valence electrons. The normalized spacial score (nSPS) is 18.0. The van der Waals surface area contributed by atoms with Crippen LogP contribution in [0.4, 0.5) is 11.4 Å². The highest BCUT2D eigenvalue weighted by atomic mass is 35.5. The minimum atomic E-state index is -0.617. The van der Waals surface area contributed by atoms with Gasteiger partial charge in [-0.3, -0.25) is 9.59 Å². The lowest BCUT2D eigenvalue weighted by Crippen LogP contribution is -2.41. The van der Waals surface area contributed by atoms with E-state index in [1.54, 1.807) is 30.5 Å². The summed E-state index contributed by atoms with van der Waals surface area (Å²) in [6.45, 7) is 0. The summed E-state index contributed by atoms with van der Waals surface area (Å²) in [6.07, 6.45) is 1.64. The Kier molecular flexibility index (Phi) is 6.90. The van der Waals surface area contributed by atoms with Crippen molar-refractivity contribution in [2.75, 3.05) is 24.3 Å². The predicted molar refractivity (Wildman–Crippen MR) is 120 cm³/mol. The molecule has 1 aliphatic rings. The maximum Gasteiger partial charge on any atom is 0.238 e. The van der Waals surface area contributed by atoms with E-state index in [4.69, 9.17) is 11.6 Å². The molecular formula is C20H20ClN5O2S. The summed E-state index contributed by atoms with van der Waals surface area (Å²) in [6, 6.07) is 14.7. The Hall–Kier alpha value is -2.84. The number of para-hydroxylation sites is 1. The molecule has 0 radical (unpaired) electrons.